The number of aryl methyl sites for hydroxylation is 3. The van der Waals surface area contributed by atoms with Gasteiger partial charge in [0.25, 0.3) is 0 Å². The molecule has 6 rings (SSSR count). The first-order chi connectivity index (χ1) is 21.4. The molecule has 0 amide bonds. The van der Waals surface area contributed by atoms with Gasteiger partial charge in [-0.15, -0.1) is 0 Å². The van der Waals surface area contributed by atoms with Gasteiger partial charge in [-0.3, -0.25) is 14.3 Å². The van der Waals surface area contributed by atoms with Crippen molar-refractivity contribution in [3.05, 3.63) is 77.4 Å². The van der Waals surface area contributed by atoms with Gasteiger partial charge in [0.1, 0.15) is 6.20 Å². The molecular formula is C34H45N10+. The molecule has 0 bridgehead atoms. The molecule has 1 saturated heterocycles. The fourth-order valence-electron chi connectivity index (χ4n) is 6.03. The Morgan fingerprint density at radius 1 is 1.00 bits per heavy atom. The largest absolute Gasteiger partial charge is 0.322 e. The monoisotopic (exact) mass is 593 g/mol. The maximum atomic E-state index is 5.04. The molecule has 44 heavy (non-hydrogen) atoms. The van der Waals surface area contributed by atoms with Crippen LogP contribution in [-0.4, -0.2) is 86.1 Å². The van der Waals surface area contributed by atoms with Crippen LogP contribution in [0.2, 0.25) is 0 Å². The van der Waals surface area contributed by atoms with Gasteiger partial charge in [-0.2, -0.15) is 10.2 Å². The number of benzene rings is 1. The Morgan fingerprint density at radius 2 is 1.80 bits per heavy atom. The van der Waals surface area contributed by atoms with Crippen LogP contribution in [0.25, 0.3) is 28.1 Å². The van der Waals surface area contributed by atoms with E-state index in [-0.39, 0.29) is 0 Å². The van der Waals surface area contributed by atoms with Crippen molar-refractivity contribution in [2.24, 2.45) is 7.05 Å². The van der Waals surface area contributed by atoms with E-state index in [0.717, 1.165) is 98.1 Å². The third-order valence-electron chi connectivity index (χ3n) is 8.77. The minimum atomic E-state index is 0.551. The molecule has 1 aliphatic carbocycles. The Labute approximate surface area is 260 Å². The van der Waals surface area contributed by atoms with Crippen LogP contribution < -0.4 is 10.6 Å². The van der Waals surface area contributed by atoms with Crippen molar-refractivity contribution >= 4 is 17.3 Å². The van der Waals surface area contributed by atoms with E-state index in [4.69, 9.17) is 15.2 Å². The van der Waals surface area contributed by atoms with Crippen molar-refractivity contribution in [2.45, 2.75) is 39.7 Å². The first-order valence-corrected chi connectivity index (χ1v) is 15.8. The predicted octanol–water partition coefficient (Wildman–Crippen LogP) is 3.72. The van der Waals surface area contributed by atoms with Crippen LogP contribution in [0, 0.1) is 0 Å². The summed E-state index contributed by atoms with van der Waals surface area (Å²) in [6.45, 7) is 10.7. The standard InChI is InChI=1S/C34H44N10/c1-6-24(2)21-28(22-35-3)25-7-9-26(10-8-25)33-31-29(39-42(33)5)12-11-27-23-36-34(38-32(27)31)37-30-13-14-44(40-30)20-19-43-17-15-41(4)16-18-43/h7-10,13-14,21-23,35H,6,11-12,15-20H2,1-5H3,(H,36,37,38,40)/p+1/b24-21+,28-22+. The third kappa shape index (κ3) is 6.52. The molecule has 0 saturated carbocycles. The summed E-state index contributed by atoms with van der Waals surface area (Å²) < 4.78 is 4.00. The molecule has 230 valence electrons. The van der Waals surface area contributed by atoms with Crippen molar-refractivity contribution in [1.29, 1.82) is 0 Å². The Hall–Kier alpha value is -4.12. The molecule has 2 aliphatic rings. The summed E-state index contributed by atoms with van der Waals surface area (Å²) in [7, 11) is 6.28. The summed E-state index contributed by atoms with van der Waals surface area (Å²) in [4.78, 5) is 14.6. The number of fused-ring (bicyclic) bond motifs is 3. The average Bonchev–Trinajstić information content (AvgIpc) is 3.63. The fraction of sp³-hybridized carbons (Fsp3) is 0.412. The number of allylic oxidation sites excluding steroid dienone is 3. The molecule has 0 atom stereocenters. The quantitative estimate of drug-likeness (QED) is 0.271. The Morgan fingerprint density at radius 3 is 2.55 bits per heavy atom. The molecule has 4 heterocycles. The van der Waals surface area contributed by atoms with Crippen molar-refractivity contribution in [2.75, 3.05) is 52.1 Å². The second-order valence-electron chi connectivity index (χ2n) is 12.0. The number of anilines is 2. The van der Waals surface area contributed by atoms with Gasteiger partial charge < -0.3 is 15.5 Å². The highest BCUT2D eigenvalue weighted by Crippen LogP contribution is 2.40. The van der Waals surface area contributed by atoms with Gasteiger partial charge in [0.05, 0.1) is 30.7 Å². The zero-order valence-electron chi connectivity index (χ0n) is 26.7. The Bertz CT molecular complexity index is 1650. The molecule has 0 unspecified atom stereocenters. The number of aromatic nitrogens is 6. The number of nitrogens with one attached hydrogen (secondary N) is 1. The lowest BCUT2D eigenvalue weighted by Crippen LogP contribution is -2.72. The molecule has 3 aromatic heterocycles. The van der Waals surface area contributed by atoms with E-state index in [0.29, 0.717) is 5.95 Å². The highest BCUT2D eigenvalue weighted by molar-refractivity contribution is 5.85. The summed E-state index contributed by atoms with van der Waals surface area (Å²) in [5.41, 5.74) is 10.3. The normalized spacial score (nSPS) is 16.2. The Balaban J connectivity index is 1.23. The van der Waals surface area contributed by atoms with Crippen LogP contribution in [0.4, 0.5) is 11.8 Å². The van der Waals surface area contributed by atoms with Gasteiger partial charge in [-0.05, 0) is 44.4 Å². The number of piperazine rings is 1. The third-order valence-corrected chi connectivity index (χ3v) is 8.77. The Kier molecular flexibility index (Phi) is 9.02. The molecule has 10 heteroatoms. The number of likely N-dealkylation sites (N-methyl/N-ethyl adjacent to an activating group) is 1. The second-order valence-corrected chi connectivity index (χ2v) is 12.0. The number of hydrogen-bond acceptors (Lipinski definition) is 7. The summed E-state index contributed by atoms with van der Waals surface area (Å²) in [6, 6.07) is 10.8. The van der Waals surface area contributed by atoms with E-state index >= 15 is 0 Å². The van der Waals surface area contributed by atoms with Gasteiger partial charge in [0.2, 0.25) is 5.95 Å². The van der Waals surface area contributed by atoms with Gasteiger partial charge >= 0.3 is 0 Å². The number of nitrogens with zero attached hydrogens (tertiary/aromatic N) is 8. The number of nitrogens with two attached hydrogens (primary N) is 1. The van der Waals surface area contributed by atoms with E-state index < -0.39 is 0 Å². The first-order valence-electron chi connectivity index (χ1n) is 15.8. The molecule has 0 spiro atoms. The van der Waals surface area contributed by atoms with E-state index in [1.54, 1.807) is 0 Å². The number of hydrogen-bond donors (Lipinski definition) is 2. The van der Waals surface area contributed by atoms with Crippen molar-refractivity contribution < 1.29 is 5.32 Å². The summed E-state index contributed by atoms with van der Waals surface area (Å²) in [5.74, 6) is 1.30. The smallest absolute Gasteiger partial charge is 0.228 e. The van der Waals surface area contributed by atoms with Gasteiger partial charge in [-0.1, -0.05) is 42.8 Å². The maximum absolute atomic E-state index is 5.04. The fourth-order valence-corrected chi connectivity index (χ4v) is 6.03. The van der Waals surface area contributed by atoms with Gasteiger partial charge in [0.15, 0.2) is 5.82 Å². The van der Waals surface area contributed by atoms with E-state index in [1.165, 1.54) is 16.7 Å². The highest BCUT2D eigenvalue weighted by atomic mass is 15.3. The lowest BCUT2D eigenvalue weighted by atomic mass is 9.91. The second kappa shape index (κ2) is 13.3. The molecule has 1 fully saturated rings. The summed E-state index contributed by atoms with van der Waals surface area (Å²) >= 11 is 0. The van der Waals surface area contributed by atoms with Crippen LogP contribution in [-0.2, 0) is 26.4 Å². The van der Waals surface area contributed by atoms with E-state index in [2.05, 4.69) is 89.9 Å². The minimum absolute atomic E-state index is 0.551. The maximum Gasteiger partial charge on any atom is 0.228 e. The summed E-state index contributed by atoms with van der Waals surface area (Å²) in [6.07, 6.45) is 11.2. The molecule has 1 aliphatic heterocycles. The van der Waals surface area contributed by atoms with Crippen molar-refractivity contribution in [1.82, 2.24) is 39.3 Å². The van der Waals surface area contributed by atoms with Crippen LogP contribution in [0.15, 0.2) is 60.6 Å². The number of rotatable bonds is 10. The minimum Gasteiger partial charge on any atom is -0.322 e. The zero-order valence-corrected chi connectivity index (χ0v) is 26.7. The van der Waals surface area contributed by atoms with E-state index in [9.17, 15) is 0 Å². The van der Waals surface area contributed by atoms with Crippen molar-refractivity contribution in [3.8, 4) is 22.5 Å². The molecule has 10 nitrogen and oxygen atoms in total. The van der Waals surface area contributed by atoms with Crippen LogP contribution in [0.5, 0.6) is 0 Å². The molecule has 4 aromatic rings. The predicted molar refractivity (Wildman–Crippen MR) is 176 cm³/mol. The molecule has 1 aromatic carbocycles. The molecular weight excluding hydrogens is 548 g/mol. The molecule has 3 N–H and O–H groups in total. The first kappa shape index (κ1) is 29.9. The summed E-state index contributed by atoms with van der Waals surface area (Å²) in [5, 5.41) is 15.1. The van der Waals surface area contributed by atoms with Crippen LogP contribution >= 0.6 is 0 Å². The topological polar surface area (TPSA) is 96.5 Å². The highest BCUT2D eigenvalue weighted by Gasteiger charge is 2.27. The lowest BCUT2D eigenvalue weighted by molar-refractivity contribution is -0.555. The molecule has 0 radical (unpaired) electrons. The zero-order chi connectivity index (χ0) is 30.6. The van der Waals surface area contributed by atoms with Gasteiger partial charge in [-0.25, -0.2) is 9.97 Å². The van der Waals surface area contributed by atoms with Crippen LogP contribution in [0.3, 0.4) is 0 Å². The SMILES string of the molecule is CC/C(C)=C/C(=C\[NH2+]C)c1ccc(-c2c3c(nn2C)CCc2cnc(Nc4ccn(CCN5CCN(C)CC5)n4)nc2-3)cc1. The average molecular weight is 594 g/mol. The van der Waals surface area contributed by atoms with Crippen molar-refractivity contribution in [3.63, 3.8) is 0 Å². The van der Waals surface area contributed by atoms with Gasteiger partial charge in [0, 0.05) is 74.9 Å². The van der Waals surface area contributed by atoms with E-state index in [1.807, 2.05) is 34.9 Å². The lowest BCUT2D eigenvalue weighted by Gasteiger charge is -2.32. The number of quaternary nitrogens is 1. The van der Waals surface area contributed by atoms with Crippen LogP contribution in [0.1, 0.15) is 37.1 Å².